The molecule has 0 atom stereocenters. The highest BCUT2D eigenvalue weighted by molar-refractivity contribution is 9.10. The average molecular weight is 806 g/mol. The number of carbonyl (C=O) groups excluding carboxylic acids is 1. The monoisotopic (exact) mass is 804 g/mol. The van der Waals surface area contributed by atoms with Gasteiger partial charge in [-0.2, -0.15) is 4.98 Å². The molecular formula is C34H45BrN8O8S. The van der Waals surface area contributed by atoms with Crippen LogP contribution in [-0.2, 0) is 14.8 Å². The smallest absolute Gasteiger partial charge is 0.410 e. The molecule has 282 valence electrons. The number of amides is 1. The Morgan fingerprint density at radius 1 is 1.02 bits per heavy atom. The summed E-state index contributed by atoms with van der Waals surface area (Å²) in [5, 5.41) is 26.5. The number of aromatic hydroxyl groups is 1. The highest BCUT2D eigenvalue weighted by Gasteiger charge is 2.32. The molecule has 2 fully saturated rings. The summed E-state index contributed by atoms with van der Waals surface area (Å²) < 4.78 is 37.3. The number of nitrogens with zero attached hydrogens (tertiary/aromatic N) is 6. The number of ether oxygens (including phenoxy) is 2. The number of halogens is 1. The number of phenols is 1. The number of nitrogens with one attached hydrogen (secondary N) is 2. The molecule has 3 heterocycles. The summed E-state index contributed by atoms with van der Waals surface area (Å²) in [6, 6.07) is 7.76. The second-order valence-corrected chi connectivity index (χ2v) is 16.5. The molecule has 1 aromatic heterocycles. The normalized spacial score (nSPS) is 16.0. The van der Waals surface area contributed by atoms with E-state index in [0.29, 0.717) is 59.5 Å². The van der Waals surface area contributed by atoms with Crippen LogP contribution in [0.5, 0.6) is 11.5 Å². The first-order chi connectivity index (χ1) is 24.4. The first kappa shape index (κ1) is 38.7. The standard InChI is InChI=1S/C34H45BrN8O8S/c1-34(2,3)51-33(47)43-15-13-41(14-16-43)21-9-11-42(12-10-21)27-19-29(50-5)26(18-23(27)31(45)46)38-32-36-20-24(35)30(39-32)37-25-8-7-22(44)17-28(25)40(4)52(6,48)49/h7-8,17-21,44H,9-16H2,1-6H3,(H,45,46)(H2,36,37,38,39). The van der Waals surface area contributed by atoms with Gasteiger partial charge in [0.25, 0.3) is 0 Å². The van der Waals surface area contributed by atoms with Gasteiger partial charge in [-0.3, -0.25) is 9.21 Å². The third-order valence-corrected chi connectivity index (χ3v) is 10.7. The van der Waals surface area contributed by atoms with E-state index in [9.17, 15) is 28.2 Å². The summed E-state index contributed by atoms with van der Waals surface area (Å²) >= 11 is 3.42. The summed E-state index contributed by atoms with van der Waals surface area (Å²) in [4.78, 5) is 40.2. The number of carboxylic acid groups (broad SMARTS) is 1. The number of rotatable bonds is 10. The Kier molecular flexibility index (Phi) is 11.6. The van der Waals surface area contributed by atoms with Crippen LogP contribution in [0, 0.1) is 0 Å². The van der Waals surface area contributed by atoms with Crippen LogP contribution in [0.1, 0.15) is 44.0 Å². The van der Waals surface area contributed by atoms with E-state index in [0.717, 1.165) is 36.5 Å². The summed E-state index contributed by atoms with van der Waals surface area (Å²) in [6.07, 6.45) is 3.91. The quantitative estimate of drug-likeness (QED) is 0.199. The number of aromatic carboxylic acids is 1. The molecule has 0 unspecified atom stereocenters. The van der Waals surface area contributed by atoms with Crippen molar-refractivity contribution >= 4 is 72.5 Å². The van der Waals surface area contributed by atoms with E-state index in [4.69, 9.17) is 9.47 Å². The average Bonchev–Trinajstić information content (AvgIpc) is 3.09. The lowest BCUT2D eigenvalue weighted by molar-refractivity contribution is 0.00898. The number of sulfonamides is 1. The maximum atomic E-state index is 12.6. The van der Waals surface area contributed by atoms with Gasteiger partial charge in [-0.15, -0.1) is 0 Å². The van der Waals surface area contributed by atoms with Crippen LogP contribution in [0.4, 0.5) is 39.3 Å². The number of hydrogen-bond acceptors (Lipinski definition) is 13. The van der Waals surface area contributed by atoms with Gasteiger partial charge in [-0.05, 0) is 67.7 Å². The lowest BCUT2D eigenvalue weighted by Crippen LogP contribution is -2.55. The van der Waals surface area contributed by atoms with E-state index in [1.54, 1.807) is 11.0 Å². The summed E-state index contributed by atoms with van der Waals surface area (Å²) in [6.45, 7) is 9.57. The van der Waals surface area contributed by atoms with E-state index in [1.807, 2.05) is 20.8 Å². The van der Waals surface area contributed by atoms with Crippen molar-refractivity contribution in [3.8, 4) is 11.5 Å². The maximum absolute atomic E-state index is 12.6. The number of aromatic nitrogens is 2. The lowest BCUT2D eigenvalue weighted by Gasteiger charge is -2.43. The number of anilines is 6. The van der Waals surface area contributed by atoms with Crippen LogP contribution in [0.3, 0.4) is 0 Å². The molecule has 1 amide bonds. The zero-order chi connectivity index (χ0) is 38.0. The van der Waals surface area contributed by atoms with Gasteiger partial charge in [0.2, 0.25) is 16.0 Å². The fourth-order valence-corrected chi connectivity index (χ4v) is 6.96. The van der Waals surface area contributed by atoms with Crippen molar-refractivity contribution in [1.29, 1.82) is 0 Å². The maximum Gasteiger partial charge on any atom is 0.410 e. The fraction of sp³-hybridized carbons (Fsp3) is 0.471. The molecule has 5 rings (SSSR count). The Hall–Kier alpha value is -4.55. The molecule has 2 aliphatic heterocycles. The van der Waals surface area contributed by atoms with E-state index in [2.05, 4.69) is 46.3 Å². The molecule has 2 saturated heterocycles. The number of carboxylic acids is 1. The molecule has 2 aliphatic rings. The van der Waals surface area contributed by atoms with Crippen molar-refractivity contribution in [2.24, 2.45) is 0 Å². The van der Waals surface area contributed by atoms with Crippen LogP contribution in [0.25, 0.3) is 0 Å². The second kappa shape index (κ2) is 15.6. The van der Waals surface area contributed by atoms with E-state index in [1.165, 1.54) is 44.6 Å². The Bertz CT molecular complexity index is 1910. The van der Waals surface area contributed by atoms with Gasteiger partial charge in [0.1, 0.15) is 22.9 Å². The van der Waals surface area contributed by atoms with Gasteiger partial charge in [0.15, 0.2) is 0 Å². The van der Waals surface area contributed by atoms with Crippen molar-refractivity contribution < 1.29 is 37.7 Å². The SMILES string of the molecule is COc1cc(N2CCC(N3CCN(C(=O)OC(C)(C)C)CC3)CC2)c(C(=O)O)cc1Nc1ncc(Br)c(Nc2ccc(O)cc2N(C)S(C)(=O)=O)n1. The summed E-state index contributed by atoms with van der Waals surface area (Å²) in [5.41, 5.74) is 0.950. The Morgan fingerprint density at radius 2 is 1.69 bits per heavy atom. The van der Waals surface area contributed by atoms with Crippen molar-refractivity contribution in [2.75, 3.05) is 79.5 Å². The Labute approximate surface area is 311 Å². The molecular weight excluding hydrogens is 760 g/mol. The van der Waals surface area contributed by atoms with Gasteiger partial charge in [0, 0.05) is 70.7 Å². The topological polar surface area (TPSA) is 190 Å². The summed E-state index contributed by atoms with van der Waals surface area (Å²) in [7, 11) is -0.790. The number of piperidine rings is 1. The number of hydrogen-bond donors (Lipinski definition) is 4. The van der Waals surface area contributed by atoms with Crippen LogP contribution < -0.4 is 24.6 Å². The predicted octanol–water partition coefficient (Wildman–Crippen LogP) is 5.06. The van der Waals surface area contributed by atoms with Crippen molar-refractivity contribution in [3.63, 3.8) is 0 Å². The van der Waals surface area contributed by atoms with E-state index in [-0.39, 0.29) is 34.9 Å². The van der Waals surface area contributed by atoms with Crippen LogP contribution in [0.15, 0.2) is 41.0 Å². The zero-order valence-corrected chi connectivity index (χ0v) is 32.4. The first-order valence-electron chi connectivity index (χ1n) is 16.7. The molecule has 3 aromatic rings. The highest BCUT2D eigenvalue weighted by atomic mass is 79.9. The molecule has 52 heavy (non-hydrogen) atoms. The fourth-order valence-electron chi connectivity index (χ4n) is 6.16. The van der Waals surface area contributed by atoms with Crippen LogP contribution in [-0.4, -0.2) is 122 Å². The third-order valence-electron chi connectivity index (χ3n) is 8.90. The van der Waals surface area contributed by atoms with Gasteiger partial charge >= 0.3 is 12.1 Å². The molecule has 2 aromatic carbocycles. The van der Waals surface area contributed by atoms with Gasteiger partial charge in [-0.25, -0.2) is 23.0 Å². The molecule has 0 bridgehead atoms. The summed E-state index contributed by atoms with van der Waals surface area (Å²) in [5.74, 6) is -0.455. The number of methoxy groups -OCH3 is 1. The Morgan fingerprint density at radius 3 is 2.29 bits per heavy atom. The van der Waals surface area contributed by atoms with Crippen LogP contribution >= 0.6 is 15.9 Å². The number of benzene rings is 2. The van der Waals surface area contributed by atoms with E-state index >= 15 is 0 Å². The molecule has 0 radical (unpaired) electrons. The number of phenolic OH excluding ortho intramolecular Hbond substituents is 1. The van der Waals surface area contributed by atoms with Gasteiger partial charge in [-0.1, -0.05) is 0 Å². The molecule has 16 nitrogen and oxygen atoms in total. The minimum Gasteiger partial charge on any atom is -0.508 e. The van der Waals surface area contributed by atoms with Crippen molar-refractivity contribution in [3.05, 3.63) is 46.6 Å². The molecule has 18 heteroatoms. The lowest BCUT2D eigenvalue weighted by atomic mass is 10.00. The van der Waals surface area contributed by atoms with Gasteiger partial charge < -0.3 is 40.1 Å². The minimum atomic E-state index is -3.65. The van der Waals surface area contributed by atoms with Gasteiger partial charge in [0.05, 0.1) is 46.2 Å². The van der Waals surface area contributed by atoms with Crippen LogP contribution in [0.2, 0.25) is 0 Å². The number of carbonyl (C=O) groups is 2. The third kappa shape index (κ3) is 9.27. The zero-order valence-electron chi connectivity index (χ0n) is 30.0. The molecule has 4 N–H and O–H groups in total. The predicted molar refractivity (Wildman–Crippen MR) is 202 cm³/mol. The minimum absolute atomic E-state index is 0.0840. The van der Waals surface area contributed by atoms with E-state index < -0.39 is 21.6 Å². The molecule has 0 aliphatic carbocycles. The second-order valence-electron chi connectivity index (χ2n) is 13.7. The van der Waals surface area contributed by atoms with Crippen molar-refractivity contribution in [2.45, 2.75) is 45.3 Å². The largest absolute Gasteiger partial charge is 0.508 e. The molecule has 0 saturated carbocycles. The molecule has 0 spiro atoms. The first-order valence-corrected chi connectivity index (χ1v) is 19.3. The highest BCUT2D eigenvalue weighted by Crippen LogP contribution is 2.38. The number of piperazine rings is 1. The Balaban J connectivity index is 1.30. The van der Waals surface area contributed by atoms with Crippen molar-refractivity contribution in [1.82, 2.24) is 19.8 Å².